The van der Waals surface area contributed by atoms with Gasteiger partial charge >= 0.3 is 0 Å². The summed E-state index contributed by atoms with van der Waals surface area (Å²) in [6.07, 6.45) is 3.26. The summed E-state index contributed by atoms with van der Waals surface area (Å²) in [6.45, 7) is 7.95. The van der Waals surface area contributed by atoms with Crippen LogP contribution in [0.25, 0.3) is 4.96 Å². The van der Waals surface area contributed by atoms with Crippen molar-refractivity contribution in [3.8, 4) is 0 Å². The molecule has 0 spiro atoms. The van der Waals surface area contributed by atoms with Crippen LogP contribution in [-0.2, 0) is 6.61 Å². The van der Waals surface area contributed by atoms with E-state index in [9.17, 15) is 5.11 Å². The summed E-state index contributed by atoms with van der Waals surface area (Å²) < 4.78 is 2.01. The molecule has 3 atom stereocenters. The summed E-state index contributed by atoms with van der Waals surface area (Å²) >= 11 is 1.62. The molecule has 4 nitrogen and oxygen atoms in total. The molecule has 1 fully saturated rings. The summed E-state index contributed by atoms with van der Waals surface area (Å²) in [4.78, 5) is 8.08. The second-order valence-electron chi connectivity index (χ2n) is 5.81. The van der Waals surface area contributed by atoms with Crippen LogP contribution < -0.4 is 4.90 Å². The summed E-state index contributed by atoms with van der Waals surface area (Å²) in [5, 5.41) is 11.7. The number of rotatable bonds is 2. The highest BCUT2D eigenvalue weighted by Crippen LogP contribution is 2.33. The number of hydrogen-bond donors (Lipinski definition) is 1. The highest BCUT2D eigenvalue weighted by atomic mass is 32.1. The molecular formula is C14H21N3OS. The van der Waals surface area contributed by atoms with Gasteiger partial charge in [0.1, 0.15) is 0 Å². The van der Waals surface area contributed by atoms with E-state index in [1.54, 1.807) is 11.3 Å². The first-order chi connectivity index (χ1) is 9.11. The molecule has 104 valence electrons. The van der Waals surface area contributed by atoms with Crippen molar-refractivity contribution < 1.29 is 5.11 Å². The first-order valence-electron chi connectivity index (χ1n) is 6.93. The van der Waals surface area contributed by atoms with Crippen molar-refractivity contribution in [1.29, 1.82) is 0 Å². The molecule has 2 aromatic heterocycles. The summed E-state index contributed by atoms with van der Waals surface area (Å²) in [6, 6.07) is 0.478. The third-order valence-electron chi connectivity index (χ3n) is 4.36. The maximum absolute atomic E-state index is 9.69. The lowest BCUT2D eigenvalue weighted by Crippen LogP contribution is -2.46. The van der Waals surface area contributed by atoms with Crippen molar-refractivity contribution in [2.75, 3.05) is 11.4 Å². The molecule has 0 aliphatic carbocycles. The number of thiazole rings is 1. The molecule has 0 saturated carbocycles. The Morgan fingerprint density at radius 3 is 2.95 bits per heavy atom. The standard InChI is InChI=1S/C14H21N3OS/c1-9-6-10(2)11(3)17(7-9)13-12(8-18)16-4-5-19-14(16)15-13/h4-5,9-11,18H,6-8H2,1-3H3. The smallest absolute Gasteiger partial charge is 0.195 e. The van der Waals surface area contributed by atoms with Crippen LogP contribution >= 0.6 is 11.3 Å². The van der Waals surface area contributed by atoms with Crippen LogP contribution in [0.15, 0.2) is 11.6 Å². The van der Waals surface area contributed by atoms with Crippen molar-refractivity contribution in [2.45, 2.75) is 39.8 Å². The predicted molar refractivity (Wildman–Crippen MR) is 78.7 cm³/mol. The number of hydrogen-bond acceptors (Lipinski definition) is 4. The summed E-state index contributed by atoms with van der Waals surface area (Å²) in [5.74, 6) is 2.31. The van der Waals surface area contributed by atoms with Gasteiger partial charge in [0, 0.05) is 24.2 Å². The monoisotopic (exact) mass is 279 g/mol. The minimum absolute atomic E-state index is 0.0409. The fourth-order valence-electron chi connectivity index (χ4n) is 3.19. The molecular weight excluding hydrogens is 258 g/mol. The molecule has 1 saturated heterocycles. The third kappa shape index (κ3) is 2.05. The summed E-state index contributed by atoms with van der Waals surface area (Å²) in [7, 11) is 0. The van der Waals surface area contributed by atoms with Gasteiger partial charge < -0.3 is 10.0 Å². The molecule has 1 aliphatic heterocycles. The fourth-order valence-corrected chi connectivity index (χ4v) is 3.92. The van der Waals surface area contributed by atoms with Gasteiger partial charge in [-0.3, -0.25) is 4.40 Å². The second kappa shape index (κ2) is 4.80. The Morgan fingerprint density at radius 1 is 1.42 bits per heavy atom. The largest absolute Gasteiger partial charge is 0.390 e. The van der Waals surface area contributed by atoms with E-state index in [-0.39, 0.29) is 6.61 Å². The Hall–Kier alpha value is -1.07. The quantitative estimate of drug-likeness (QED) is 0.919. The van der Waals surface area contributed by atoms with Gasteiger partial charge in [0.15, 0.2) is 10.8 Å². The van der Waals surface area contributed by atoms with Gasteiger partial charge in [-0.25, -0.2) is 4.98 Å². The highest BCUT2D eigenvalue weighted by molar-refractivity contribution is 7.15. The van der Waals surface area contributed by atoms with Crippen molar-refractivity contribution in [3.05, 3.63) is 17.3 Å². The average molecular weight is 279 g/mol. The number of aliphatic hydroxyl groups excluding tert-OH is 1. The first-order valence-corrected chi connectivity index (χ1v) is 7.81. The van der Waals surface area contributed by atoms with E-state index >= 15 is 0 Å². The number of imidazole rings is 1. The van der Waals surface area contributed by atoms with Crippen LogP contribution in [0.1, 0.15) is 32.9 Å². The zero-order valence-electron chi connectivity index (χ0n) is 11.7. The van der Waals surface area contributed by atoms with E-state index in [1.165, 1.54) is 6.42 Å². The van der Waals surface area contributed by atoms with Crippen LogP contribution in [0, 0.1) is 11.8 Å². The molecule has 0 aromatic carbocycles. The maximum atomic E-state index is 9.69. The Bertz CT molecular complexity index is 576. The molecule has 3 unspecified atom stereocenters. The Kier molecular flexibility index (Phi) is 3.27. The molecule has 0 bridgehead atoms. The number of aromatic nitrogens is 2. The fraction of sp³-hybridized carbons (Fsp3) is 0.643. The van der Waals surface area contributed by atoms with Crippen LogP contribution in [-0.4, -0.2) is 27.1 Å². The average Bonchev–Trinajstić information content (AvgIpc) is 2.93. The SMILES string of the molecule is CC1CC(C)C(C)N(c2nc3sccn3c2CO)C1. The van der Waals surface area contributed by atoms with E-state index < -0.39 is 0 Å². The Morgan fingerprint density at radius 2 is 2.21 bits per heavy atom. The Labute approximate surface area is 117 Å². The molecule has 1 aliphatic rings. The number of piperidine rings is 1. The van der Waals surface area contributed by atoms with E-state index in [0.29, 0.717) is 17.9 Å². The normalized spacial score (nSPS) is 28.2. The van der Waals surface area contributed by atoms with Crippen LogP contribution in [0.2, 0.25) is 0 Å². The lowest BCUT2D eigenvalue weighted by Gasteiger charge is -2.41. The molecule has 3 rings (SSSR count). The maximum Gasteiger partial charge on any atom is 0.195 e. The number of nitrogens with zero attached hydrogens (tertiary/aromatic N) is 3. The number of aliphatic hydroxyl groups is 1. The lowest BCUT2D eigenvalue weighted by atomic mass is 9.86. The van der Waals surface area contributed by atoms with Gasteiger partial charge in [0.2, 0.25) is 0 Å². The highest BCUT2D eigenvalue weighted by Gasteiger charge is 2.32. The van der Waals surface area contributed by atoms with Crippen molar-refractivity contribution in [2.24, 2.45) is 11.8 Å². The molecule has 0 amide bonds. The lowest BCUT2D eigenvalue weighted by molar-refractivity contribution is 0.270. The molecule has 1 N–H and O–H groups in total. The number of anilines is 1. The second-order valence-corrected chi connectivity index (χ2v) is 6.68. The van der Waals surface area contributed by atoms with Crippen molar-refractivity contribution in [1.82, 2.24) is 9.38 Å². The van der Waals surface area contributed by atoms with Gasteiger partial charge in [-0.1, -0.05) is 13.8 Å². The molecule has 5 heteroatoms. The van der Waals surface area contributed by atoms with Crippen LogP contribution in [0.4, 0.5) is 5.82 Å². The van der Waals surface area contributed by atoms with Gasteiger partial charge in [0.25, 0.3) is 0 Å². The zero-order valence-corrected chi connectivity index (χ0v) is 12.5. The van der Waals surface area contributed by atoms with Gasteiger partial charge in [-0.15, -0.1) is 11.3 Å². The van der Waals surface area contributed by atoms with Crippen LogP contribution in [0.5, 0.6) is 0 Å². The molecule has 2 aromatic rings. The van der Waals surface area contributed by atoms with E-state index in [0.717, 1.165) is 23.0 Å². The third-order valence-corrected chi connectivity index (χ3v) is 5.12. The van der Waals surface area contributed by atoms with E-state index in [1.807, 2.05) is 16.0 Å². The van der Waals surface area contributed by atoms with Crippen LogP contribution in [0.3, 0.4) is 0 Å². The van der Waals surface area contributed by atoms with Gasteiger partial charge in [-0.2, -0.15) is 0 Å². The van der Waals surface area contributed by atoms with Crippen molar-refractivity contribution in [3.63, 3.8) is 0 Å². The summed E-state index contributed by atoms with van der Waals surface area (Å²) in [5.41, 5.74) is 0.921. The molecule has 19 heavy (non-hydrogen) atoms. The Balaban J connectivity index is 2.04. The minimum Gasteiger partial charge on any atom is -0.390 e. The first kappa shape index (κ1) is 12.9. The van der Waals surface area contributed by atoms with Gasteiger partial charge in [-0.05, 0) is 25.2 Å². The van der Waals surface area contributed by atoms with Gasteiger partial charge in [0.05, 0.1) is 12.3 Å². The molecule has 3 heterocycles. The number of fused-ring (bicyclic) bond motifs is 1. The van der Waals surface area contributed by atoms with Crippen molar-refractivity contribution >= 4 is 22.1 Å². The van der Waals surface area contributed by atoms with E-state index in [4.69, 9.17) is 4.98 Å². The molecule has 0 radical (unpaired) electrons. The van der Waals surface area contributed by atoms with E-state index in [2.05, 4.69) is 25.7 Å². The topological polar surface area (TPSA) is 40.8 Å². The zero-order chi connectivity index (χ0) is 13.6. The minimum atomic E-state index is 0.0409. The predicted octanol–water partition coefficient (Wildman–Crippen LogP) is 2.76.